The molecular formula is C17H25N3O. The van der Waals surface area contributed by atoms with Crippen molar-refractivity contribution in [2.45, 2.75) is 46.2 Å². The van der Waals surface area contributed by atoms with E-state index in [1.54, 1.807) is 0 Å². The first-order valence-corrected chi connectivity index (χ1v) is 7.72. The highest BCUT2D eigenvalue weighted by molar-refractivity contribution is 5.96. The number of anilines is 1. The number of amides is 1. The third-order valence-electron chi connectivity index (χ3n) is 4.07. The number of aromatic nitrogens is 1. The monoisotopic (exact) mass is 287 g/mol. The van der Waals surface area contributed by atoms with Crippen LogP contribution < -0.4 is 11.1 Å². The molecule has 4 nitrogen and oxygen atoms in total. The van der Waals surface area contributed by atoms with Gasteiger partial charge in [0.15, 0.2) is 0 Å². The molecule has 114 valence electrons. The lowest BCUT2D eigenvalue weighted by molar-refractivity contribution is -0.118. The van der Waals surface area contributed by atoms with Gasteiger partial charge in [-0.05, 0) is 35.9 Å². The van der Waals surface area contributed by atoms with Crippen molar-refractivity contribution in [1.29, 1.82) is 0 Å². The number of rotatable bonds is 6. The normalized spacial score (nSPS) is 14.1. The van der Waals surface area contributed by atoms with Crippen LogP contribution in [-0.4, -0.2) is 16.5 Å². The molecule has 1 aromatic carbocycles. The Hall–Kier alpha value is -1.81. The standard InChI is InChI=1S/C17H25N3O/c1-4-9-20-10-8-13-6-7-14(11-15(13)20)19-17(21)16(18)12(3)5-2/h6-8,10-12,16H,4-5,9,18H2,1-3H3,(H,19,21). The Morgan fingerprint density at radius 3 is 2.76 bits per heavy atom. The lowest BCUT2D eigenvalue weighted by Gasteiger charge is -2.17. The van der Waals surface area contributed by atoms with Gasteiger partial charge >= 0.3 is 0 Å². The molecule has 2 rings (SSSR count). The van der Waals surface area contributed by atoms with E-state index in [4.69, 9.17) is 5.73 Å². The van der Waals surface area contributed by atoms with Gasteiger partial charge in [0.2, 0.25) is 5.91 Å². The number of fused-ring (bicyclic) bond motifs is 1. The predicted molar refractivity (Wildman–Crippen MR) is 88.3 cm³/mol. The summed E-state index contributed by atoms with van der Waals surface area (Å²) < 4.78 is 2.21. The van der Waals surface area contributed by atoms with Gasteiger partial charge < -0.3 is 15.6 Å². The largest absolute Gasteiger partial charge is 0.347 e. The molecule has 3 N–H and O–H groups in total. The summed E-state index contributed by atoms with van der Waals surface area (Å²) in [7, 11) is 0. The molecule has 0 aliphatic carbocycles. The van der Waals surface area contributed by atoms with Crippen molar-refractivity contribution in [2.24, 2.45) is 11.7 Å². The molecule has 1 aromatic heterocycles. The third-order valence-corrected chi connectivity index (χ3v) is 4.07. The van der Waals surface area contributed by atoms with Crippen LogP contribution in [0.15, 0.2) is 30.5 Å². The van der Waals surface area contributed by atoms with Crippen molar-refractivity contribution in [3.05, 3.63) is 30.5 Å². The van der Waals surface area contributed by atoms with E-state index in [1.807, 2.05) is 32.0 Å². The van der Waals surface area contributed by atoms with E-state index < -0.39 is 6.04 Å². The summed E-state index contributed by atoms with van der Waals surface area (Å²) in [4.78, 5) is 12.2. The maximum Gasteiger partial charge on any atom is 0.241 e. The van der Waals surface area contributed by atoms with Crippen molar-refractivity contribution >= 4 is 22.5 Å². The lowest BCUT2D eigenvalue weighted by atomic mass is 9.99. The van der Waals surface area contributed by atoms with Crippen LogP contribution in [0.5, 0.6) is 0 Å². The van der Waals surface area contributed by atoms with Crippen LogP contribution >= 0.6 is 0 Å². The minimum atomic E-state index is -0.465. The van der Waals surface area contributed by atoms with Gasteiger partial charge in [-0.3, -0.25) is 4.79 Å². The summed E-state index contributed by atoms with van der Waals surface area (Å²) >= 11 is 0. The minimum Gasteiger partial charge on any atom is -0.347 e. The van der Waals surface area contributed by atoms with Gasteiger partial charge in [0.25, 0.3) is 0 Å². The van der Waals surface area contributed by atoms with Crippen molar-refractivity contribution < 1.29 is 4.79 Å². The van der Waals surface area contributed by atoms with Crippen LogP contribution in [0, 0.1) is 5.92 Å². The second-order valence-electron chi connectivity index (χ2n) is 5.68. The van der Waals surface area contributed by atoms with Crippen LogP contribution in [0.2, 0.25) is 0 Å². The summed E-state index contributed by atoms with van der Waals surface area (Å²) in [5.41, 5.74) is 7.92. The molecule has 4 heteroatoms. The molecule has 0 fully saturated rings. The highest BCUT2D eigenvalue weighted by Gasteiger charge is 2.19. The van der Waals surface area contributed by atoms with Gasteiger partial charge in [0.1, 0.15) is 0 Å². The average molecular weight is 287 g/mol. The van der Waals surface area contributed by atoms with E-state index in [0.29, 0.717) is 0 Å². The molecule has 0 saturated carbocycles. The first-order valence-electron chi connectivity index (χ1n) is 7.72. The molecule has 1 amide bonds. The Bertz CT molecular complexity index is 618. The zero-order valence-electron chi connectivity index (χ0n) is 13.1. The second-order valence-corrected chi connectivity index (χ2v) is 5.68. The Kier molecular flexibility index (Phi) is 5.02. The van der Waals surface area contributed by atoms with Gasteiger partial charge in [-0.25, -0.2) is 0 Å². The summed E-state index contributed by atoms with van der Waals surface area (Å²) in [6.07, 6.45) is 4.07. The van der Waals surface area contributed by atoms with E-state index in [0.717, 1.165) is 30.6 Å². The molecule has 0 aliphatic rings. The Labute approximate surface area is 126 Å². The van der Waals surface area contributed by atoms with Crippen LogP contribution in [0.25, 0.3) is 10.9 Å². The minimum absolute atomic E-state index is 0.114. The molecule has 2 unspecified atom stereocenters. The first kappa shape index (κ1) is 15.6. The topological polar surface area (TPSA) is 60.0 Å². The van der Waals surface area contributed by atoms with Crippen LogP contribution in [0.3, 0.4) is 0 Å². The zero-order valence-corrected chi connectivity index (χ0v) is 13.1. The maximum atomic E-state index is 12.2. The molecule has 2 atom stereocenters. The van der Waals surface area contributed by atoms with Gasteiger partial charge in [-0.2, -0.15) is 0 Å². The number of nitrogens with one attached hydrogen (secondary N) is 1. The third kappa shape index (κ3) is 3.45. The van der Waals surface area contributed by atoms with E-state index in [2.05, 4.69) is 29.1 Å². The molecule has 0 aliphatic heterocycles. The molecular weight excluding hydrogens is 262 g/mol. The molecule has 0 radical (unpaired) electrons. The molecule has 1 heterocycles. The summed E-state index contributed by atoms with van der Waals surface area (Å²) in [6, 6.07) is 7.62. The van der Waals surface area contributed by atoms with Gasteiger partial charge in [-0.1, -0.05) is 33.3 Å². The Balaban J connectivity index is 2.18. The number of nitrogens with two attached hydrogens (primary N) is 1. The number of nitrogens with zero attached hydrogens (tertiary/aromatic N) is 1. The Morgan fingerprint density at radius 1 is 1.33 bits per heavy atom. The number of hydrogen-bond acceptors (Lipinski definition) is 2. The zero-order chi connectivity index (χ0) is 15.4. The van der Waals surface area contributed by atoms with Crippen molar-refractivity contribution in [2.75, 3.05) is 5.32 Å². The average Bonchev–Trinajstić information content (AvgIpc) is 2.88. The molecule has 0 saturated heterocycles. The fourth-order valence-electron chi connectivity index (χ4n) is 2.44. The fourth-order valence-corrected chi connectivity index (χ4v) is 2.44. The number of benzene rings is 1. The number of carbonyl (C=O) groups is 1. The van der Waals surface area contributed by atoms with E-state index in [1.165, 1.54) is 5.39 Å². The van der Waals surface area contributed by atoms with E-state index >= 15 is 0 Å². The highest BCUT2D eigenvalue weighted by atomic mass is 16.2. The number of aryl methyl sites for hydroxylation is 1. The maximum absolute atomic E-state index is 12.2. The summed E-state index contributed by atoms with van der Waals surface area (Å²) in [6.45, 7) is 7.18. The van der Waals surface area contributed by atoms with E-state index in [9.17, 15) is 4.79 Å². The highest BCUT2D eigenvalue weighted by Crippen LogP contribution is 2.21. The predicted octanol–water partition coefficient (Wildman–Crippen LogP) is 3.36. The van der Waals surface area contributed by atoms with E-state index in [-0.39, 0.29) is 11.8 Å². The first-order chi connectivity index (χ1) is 10.1. The number of carbonyl (C=O) groups excluding carboxylic acids is 1. The molecule has 0 bridgehead atoms. The summed E-state index contributed by atoms with van der Waals surface area (Å²) in [5, 5.41) is 4.12. The lowest BCUT2D eigenvalue weighted by Crippen LogP contribution is -2.40. The smallest absolute Gasteiger partial charge is 0.241 e. The van der Waals surface area contributed by atoms with Crippen LogP contribution in [0.4, 0.5) is 5.69 Å². The van der Waals surface area contributed by atoms with Crippen molar-refractivity contribution in [3.8, 4) is 0 Å². The SMILES string of the molecule is CCCn1ccc2ccc(NC(=O)C(N)C(C)CC)cc21. The molecule has 2 aromatic rings. The molecule has 0 spiro atoms. The van der Waals surface area contributed by atoms with Crippen LogP contribution in [0.1, 0.15) is 33.6 Å². The Morgan fingerprint density at radius 2 is 2.10 bits per heavy atom. The molecule has 21 heavy (non-hydrogen) atoms. The van der Waals surface area contributed by atoms with Crippen molar-refractivity contribution in [3.63, 3.8) is 0 Å². The van der Waals surface area contributed by atoms with Crippen LogP contribution in [-0.2, 0) is 11.3 Å². The van der Waals surface area contributed by atoms with Crippen molar-refractivity contribution in [1.82, 2.24) is 4.57 Å². The quantitative estimate of drug-likeness (QED) is 0.855. The van der Waals surface area contributed by atoms with Gasteiger partial charge in [-0.15, -0.1) is 0 Å². The van der Waals surface area contributed by atoms with Gasteiger partial charge in [0.05, 0.1) is 11.6 Å². The fraction of sp³-hybridized carbons (Fsp3) is 0.471. The summed E-state index contributed by atoms with van der Waals surface area (Å²) in [5.74, 6) is 0.0648. The number of hydrogen-bond donors (Lipinski definition) is 2. The van der Waals surface area contributed by atoms with Gasteiger partial charge in [0, 0.05) is 18.4 Å². The second kappa shape index (κ2) is 6.76.